The second-order valence-electron chi connectivity index (χ2n) is 7.07. The highest BCUT2D eigenvalue weighted by Gasteiger charge is 2.24. The van der Waals surface area contributed by atoms with Crippen molar-refractivity contribution in [1.82, 2.24) is 4.98 Å². The predicted octanol–water partition coefficient (Wildman–Crippen LogP) is 5.02. The summed E-state index contributed by atoms with van der Waals surface area (Å²) in [7, 11) is 0. The number of hydrogen-bond donors (Lipinski definition) is 0. The van der Waals surface area contributed by atoms with Gasteiger partial charge in [-0.25, -0.2) is 9.78 Å². The van der Waals surface area contributed by atoms with Crippen LogP contribution < -0.4 is 4.90 Å². The van der Waals surface area contributed by atoms with Crippen molar-refractivity contribution in [2.24, 2.45) is 0 Å². The molecule has 0 saturated heterocycles. The van der Waals surface area contributed by atoms with E-state index < -0.39 is 10.9 Å². The molecule has 0 saturated carbocycles. The number of aromatic nitrogens is 1. The minimum Gasteiger partial charge on any atom is -0.455 e. The number of esters is 1. The number of benzene rings is 2. The van der Waals surface area contributed by atoms with Crippen LogP contribution in [0.15, 0.2) is 41.8 Å². The van der Waals surface area contributed by atoms with Crippen molar-refractivity contribution in [3.63, 3.8) is 0 Å². The molecule has 9 heteroatoms. The minimum atomic E-state index is -0.794. The molecule has 0 aliphatic carbocycles. The Labute approximate surface area is 183 Å². The van der Waals surface area contributed by atoms with Crippen molar-refractivity contribution in [3.8, 4) is 0 Å². The average Bonchev–Trinajstić information content (AvgIpc) is 3.16. The summed E-state index contributed by atoms with van der Waals surface area (Å²) in [6.07, 6.45) is 0. The van der Waals surface area contributed by atoms with E-state index in [9.17, 15) is 19.7 Å². The molecule has 0 bridgehead atoms. The molecule has 0 atom stereocenters. The maximum Gasteiger partial charge on any atom is 0.345 e. The van der Waals surface area contributed by atoms with E-state index in [0.717, 1.165) is 16.8 Å². The van der Waals surface area contributed by atoms with Gasteiger partial charge in [0.15, 0.2) is 5.13 Å². The molecule has 0 aliphatic rings. The van der Waals surface area contributed by atoms with Gasteiger partial charge < -0.3 is 4.74 Å². The van der Waals surface area contributed by atoms with E-state index in [0.29, 0.717) is 16.4 Å². The fourth-order valence-corrected chi connectivity index (χ4v) is 4.08. The van der Waals surface area contributed by atoms with Crippen LogP contribution in [0.4, 0.5) is 16.5 Å². The zero-order valence-corrected chi connectivity index (χ0v) is 18.4. The molecule has 2 aromatic carbocycles. The molecular formula is C22H21N3O5S. The molecule has 0 radical (unpaired) electrons. The number of carbonyl (C=O) groups is 2. The standard InChI is InChI=1S/C22H21N3O5S/c1-13-8-9-18(15(3)10-13)24(16(4)26)22-23-17(12-31-22)11-30-21(27)20-14(2)6-5-7-19(20)25(28)29/h5-10,12H,11H2,1-4H3. The SMILES string of the molecule is CC(=O)N(c1nc(COC(=O)c2c(C)cccc2[N+](=O)[O-])cs1)c1ccc(C)cc1C. The smallest absolute Gasteiger partial charge is 0.345 e. The van der Waals surface area contributed by atoms with E-state index in [1.54, 1.807) is 18.4 Å². The van der Waals surface area contributed by atoms with Gasteiger partial charge in [-0.05, 0) is 38.0 Å². The van der Waals surface area contributed by atoms with Gasteiger partial charge >= 0.3 is 5.97 Å². The lowest BCUT2D eigenvalue weighted by atomic mass is 10.1. The van der Waals surface area contributed by atoms with Crippen molar-refractivity contribution < 1.29 is 19.2 Å². The van der Waals surface area contributed by atoms with Crippen molar-refractivity contribution in [2.45, 2.75) is 34.3 Å². The van der Waals surface area contributed by atoms with Crippen molar-refractivity contribution >= 4 is 39.7 Å². The van der Waals surface area contributed by atoms with Crippen LogP contribution in [-0.4, -0.2) is 21.8 Å². The zero-order chi connectivity index (χ0) is 22.7. The first-order chi connectivity index (χ1) is 14.7. The van der Waals surface area contributed by atoms with Crippen LogP contribution in [0.1, 0.15) is 39.7 Å². The molecular weight excluding hydrogens is 418 g/mol. The van der Waals surface area contributed by atoms with Gasteiger partial charge in [0.25, 0.3) is 5.69 Å². The van der Waals surface area contributed by atoms with Crippen LogP contribution >= 0.6 is 11.3 Å². The number of nitro groups is 1. The van der Waals surface area contributed by atoms with E-state index >= 15 is 0 Å². The normalized spacial score (nSPS) is 10.6. The number of anilines is 2. The van der Waals surface area contributed by atoms with Crippen LogP contribution in [0.5, 0.6) is 0 Å². The van der Waals surface area contributed by atoms with Gasteiger partial charge in [-0.15, -0.1) is 11.3 Å². The summed E-state index contributed by atoms with van der Waals surface area (Å²) in [4.78, 5) is 41.4. The van der Waals surface area contributed by atoms with Gasteiger partial charge in [-0.1, -0.05) is 29.8 Å². The highest BCUT2D eigenvalue weighted by molar-refractivity contribution is 7.14. The van der Waals surface area contributed by atoms with Crippen LogP contribution in [-0.2, 0) is 16.1 Å². The van der Waals surface area contributed by atoms with Crippen LogP contribution in [0.2, 0.25) is 0 Å². The van der Waals surface area contributed by atoms with Gasteiger partial charge in [0.1, 0.15) is 12.2 Å². The quantitative estimate of drug-likeness (QED) is 0.304. The summed E-state index contributed by atoms with van der Waals surface area (Å²) in [6.45, 7) is 6.80. The summed E-state index contributed by atoms with van der Waals surface area (Å²) < 4.78 is 5.28. The highest BCUT2D eigenvalue weighted by atomic mass is 32.1. The van der Waals surface area contributed by atoms with Gasteiger partial charge in [-0.3, -0.25) is 19.8 Å². The predicted molar refractivity (Wildman–Crippen MR) is 118 cm³/mol. The Bertz CT molecular complexity index is 1170. The van der Waals surface area contributed by atoms with Crippen molar-refractivity contribution in [2.75, 3.05) is 4.90 Å². The second kappa shape index (κ2) is 9.05. The van der Waals surface area contributed by atoms with Gasteiger partial charge in [-0.2, -0.15) is 0 Å². The largest absolute Gasteiger partial charge is 0.455 e. The number of nitrogens with zero attached hydrogens (tertiary/aromatic N) is 3. The van der Waals surface area contributed by atoms with E-state index in [1.807, 2.05) is 32.0 Å². The fraction of sp³-hybridized carbons (Fsp3) is 0.227. The van der Waals surface area contributed by atoms with Gasteiger partial charge in [0, 0.05) is 18.4 Å². The summed E-state index contributed by atoms with van der Waals surface area (Å²) in [5.41, 5.74) is 3.26. The van der Waals surface area contributed by atoms with Crippen LogP contribution in [0, 0.1) is 30.9 Å². The monoisotopic (exact) mass is 439 g/mol. The third-order valence-electron chi connectivity index (χ3n) is 4.64. The summed E-state index contributed by atoms with van der Waals surface area (Å²) >= 11 is 1.25. The molecule has 8 nitrogen and oxygen atoms in total. The molecule has 0 fully saturated rings. The molecule has 1 aromatic heterocycles. The molecule has 0 spiro atoms. The maximum absolute atomic E-state index is 12.5. The lowest BCUT2D eigenvalue weighted by Gasteiger charge is -2.20. The number of aryl methyl sites for hydroxylation is 3. The molecule has 1 amide bonds. The lowest BCUT2D eigenvalue weighted by molar-refractivity contribution is -0.385. The van der Waals surface area contributed by atoms with E-state index in [4.69, 9.17) is 4.74 Å². The molecule has 0 N–H and O–H groups in total. The number of carbonyl (C=O) groups excluding carboxylic acids is 2. The molecule has 1 heterocycles. The third-order valence-corrected chi connectivity index (χ3v) is 5.52. The Kier molecular flexibility index (Phi) is 6.45. The third kappa shape index (κ3) is 4.77. The van der Waals surface area contributed by atoms with Crippen LogP contribution in [0.3, 0.4) is 0 Å². The first-order valence-electron chi connectivity index (χ1n) is 9.42. The summed E-state index contributed by atoms with van der Waals surface area (Å²) in [6, 6.07) is 10.2. The fourth-order valence-electron chi connectivity index (χ4n) is 3.21. The molecule has 31 heavy (non-hydrogen) atoms. The van der Waals surface area contributed by atoms with E-state index in [1.165, 1.54) is 35.3 Å². The van der Waals surface area contributed by atoms with Gasteiger partial charge in [0.05, 0.1) is 16.3 Å². The zero-order valence-electron chi connectivity index (χ0n) is 17.5. The Balaban J connectivity index is 1.81. The topological polar surface area (TPSA) is 103 Å². The average molecular weight is 439 g/mol. The summed E-state index contributed by atoms with van der Waals surface area (Å²) in [5.74, 6) is -0.988. The number of nitro benzene ring substituents is 1. The number of rotatable bonds is 6. The Morgan fingerprint density at radius 3 is 2.55 bits per heavy atom. The number of hydrogen-bond acceptors (Lipinski definition) is 7. The number of ether oxygens (including phenoxy) is 1. The second-order valence-corrected chi connectivity index (χ2v) is 7.90. The van der Waals surface area contributed by atoms with Crippen molar-refractivity contribution in [3.05, 3.63) is 79.8 Å². The Morgan fingerprint density at radius 1 is 1.16 bits per heavy atom. The first kappa shape index (κ1) is 22.1. The number of thiazole rings is 1. The first-order valence-corrected chi connectivity index (χ1v) is 10.3. The lowest BCUT2D eigenvalue weighted by Crippen LogP contribution is -2.23. The molecule has 160 valence electrons. The molecule has 3 rings (SSSR count). The van der Waals surface area contributed by atoms with Crippen molar-refractivity contribution in [1.29, 1.82) is 0 Å². The van der Waals surface area contributed by atoms with Gasteiger partial charge in [0.2, 0.25) is 5.91 Å². The number of amides is 1. The van der Waals surface area contributed by atoms with E-state index in [2.05, 4.69) is 4.98 Å². The highest BCUT2D eigenvalue weighted by Crippen LogP contribution is 2.32. The molecule has 0 aliphatic heterocycles. The molecule has 3 aromatic rings. The summed E-state index contributed by atoms with van der Waals surface area (Å²) in [5, 5.41) is 13.4. The Hall–Kier alpha value is -3.59. The molecule has 0 unspecified atom stereocenters. The Morgan fingerprint density at radius 2 is 1.90 bits per heavy atom. The van der Waals surface area contributed by atoms with Crippen LogP contribution in [0.25, 0.3) is 0 Å². The van der Waals surface area contributed by atoms with E-state index in [-0.39, 0.29) is 23.8 Å². The maximum atomic E-state index is 12.5. The minimum absolute atomic E-state index is 0.0800.